The van der Waals surface area contributed by atoms with Gasteiger partial charge >= 0.3 is 0 Å². The van der Waals surface area contributed by atoms with E-state index < -0.39 is 0 Å². The minimum atomic E-state index is -0.241. The van der Waals surface area contributed by atoms with Gasteiger partial charge in [0.05, 0.1) is 10.9 Å². The minimum absolute atomic E-state index is 0.145. The summed E-state index contributed by atoms with van der Waals surface area (Å²) in [5.74, 6) is 1.15. The molecule has 0 bridgehead atoms. The molecular formula is C20H20ClN5OS. The molecule has 4 N–H and O–H groups in total. The molecule has 2 aromatic carbocycles. The van der Waals surface area contributed by atoms with Crippen LogP contribution in [0.3, 0.4) is 0 Å². The van der Waals surface area contributed by atoms with E-state index in [2.05, 4.69) is 20.6 Å². The van der Waals surface area contributed by atoms with Gasteiger partial charge < -0.3 is 21.1 Å². The quantitative estimate of drug-likeness (QED) is 0.179. The van der Waals surface area contributed by atoms with Crippen molar-refractivity contribution in [3.8, 4) is 5.75 Å². The molecular weight excluding hydrogens is 394 g/mol. The molecule has 0 saturated heterocycles. The van der Waals surface area contributed by atoms with Crippen molar-refractivity contribution in [3.05, 3.63) is 65.7 Å². The standard InChI is InChI=1S/C20H20ClN5OS/c1-28-20-25-18(23-12-17(21)13-6-3-2-4-7-13)16(11-22)19(26-20)24-14-8-5-9-15(27)10-14/h2-11,17,22,27H,12H2,1H3,(H2,23,24,25,26). The van der Waals surface area contributed by atoms with Crippen molar-refractivity contribution in [3.63, 3.8) is 0 Å². The Morgan fingerprint density at radius 2 is 1.89 bits per heavy atom. The van der Waals surface area contributed by atoms with Crippen LogP contribution < -0.4 is 10.6 Å². The SMILES string of the molecule is CSc1nc(NCC(Cl)c2ccccc2)c(C=N)c(Nc2cccc(O)c2)n1. The fourth-order valence-electron chi connectivity index (χ4n) is 2.59. The third-order valence-electron chi connectivity index (χ3n) is 3.97. The smallest absolute Gasteiger partial charge is 0.191 e. The summed E-state index contributed by atoms with van der Waals surface area (Å²) in [6, 6.07) is 16.5. The predicted octanol–water partition coefficient (Wildman–Crippen LogP) is 5.04. The number of halogens is 1. The largest absolute Gasteiger partial charge is 0.508 e. The molecule has 0 aliphatic heterocycles. The number of aromatic hydroxyl groups is 1. The maximum absolute atomic E-state index is 9.68. The van der Waals surface area contributed by atoms with E-state index in [4.69, 9.17) is 17.0 Å². The van der Waals surface area contributed by atoms with Crippen LogP contribution in [0.4, 0.5) is 17.3 Å². The number of nitrogens with one attached hydrogen (secondary N) is 3. The van der Waals surface area contributed by atoms with Crippen LogP contribution in [-0.2, 0) is 0 Å². The molecule has 0 saturated carbocycles. The van der Waals surface area contributed by atoms with Crippen molar-refractivity contribution in [2.75, 3.05) is 23.4 Å². The average Bonchev–Trinajstić information content (AvgIpc) is 2.72. The van der Waals surface area contributed by atoms with E-state index in [1.807, 2.05) is 42.7 Å². The highest BCUT2D eigenvalue weighted by molar-refractivity contribution is 7.98. The van der Waals surface area contributed by atoms with E-state index >= 15 is 0 Å². The lowest BCUT2D eigenvalue weighted by Gasteiger charge is -2.16. The Kier molecular flexibility index (Phi) is 6.73. The number of rotatable bonds is 8. The van der Waals surface area contributed by atoms with Gasteiger partial charge in [0, 0.05) is 24.5 Å². The van der Waals surface area contributed by atoms with E-state index in [1.54, 1.807) is 18.2 Å². The third kappa shape index (κ3) is 4.94. The van der Waals surface area contributed by atoms with Gasteiger partial charge in [0.2, 0.25) is 0 Å². The number of phenols is 1. The number of hydrogen-bond donors (Lipinski definition) is 4. The Labute approximate surface area is 172 Å². The first kappa shape index (κ1) is 20.0. The lowest BCUT2D eigenvalue weighted by Crippen LogP contribution is -2.13. The Bertz CT molecular complexity index is 955. The molecule has 8 heteroatoms. The van der Waals surface area contributed by atoms with Crippen LogP contribution in [0, 0.1) is 5.41 Å². The van der Waals surface area contributed by atoms with E-state index in [-0.39, 0.29) is 11.1 Å². The van der Waals surface area contributed by atoms with Crippen LogP contribution in [0.25, 0.3) is 0 Å². The highest BCUT2D eigenvalue weighted by atomic mass is 35.5. The summed E-state index contributed by atoms with van der Waals surface area (Å²) in [6.45, 7) is 0.447. The molecule has 1 unspecified atom stereocenters. The summed E-state index contributed by atoms with van der Waals surface area (Å²) in [6.07, 6.45) is 3.08. The van der Waals surface area contributed by atoms with Gasteiger partial charge in [-0.3, -0.25) is 0 Å². The number of alkyl halides is 1. The predicted molar refractivity (Wildman–Crippen MR) is 117 cm³/mol. The molecule has 1 aromatic heterocycles. The molecule has 0 aliphatic carbocycles. The van der Waals surface area contributed by atoms with Crippen molar-refractivity contribution in [1.82, 2.24) is 9.97 Å². The van der Waals surface area contributed by atoms with Crippen molar-refractivity contribution in [1.29, 1.82) is 5.41 Å². The number of anilines is 3. The van der Waals surface area contributed by atoms with E-state index in [1.165, 1.54) is 18.0 Å². The molecule has 3 aromatic rings. The molecule has 0 aliphatic rings. The number of hydrogen-bond acceptors (Lipinski definition) is 7. The normalized spacial score (nSPS) is 11.6. The monoisotopic (exact) mass is 413 g/mol. The van der Waals surface area contributed by atoms with Crippen LogP contribution in [0.1, 0.15) is 16.5 Å². The van der Waals surface area contributed by atoms with Crippen LogP contribution in [0.2, 0.25) is 0 Å². The molecule has 0 spiro atoms. The van der Waals surface area contributed by atoms with E-state index in [0.717, 1.165) is 5.56 Å². The van der Waals surface area contributed by atoms with Gasteiger partial charge in [0.25, 0.3) is 0 Å². The fraction of sp³-hybridized carbons (Fsp3) is 0.150. The maximum Gasteiger partial charge on any atom is 0.191 e. The highest BCUT2D eigenvalue weighted by Gasteiger charge is 2.15. The summed E-state index contributed by atoms with van der Waals surface area (Å²) < 4.78 is 0. The molecule has 0 amide bonds. The van der Waals surface area contributed by atoms with Gasteiger partial charge in [0.15, 0.2) is 5.16 Å². The number of benzene rings is 2. The first-order valence-corrected chi connectivity index (χ1v) is 10.2. The molecule has 0 radical (unpaired) electrons. The first-order chi connectivity index (χ1) is 13.6. The van der Waals surface area contributed by atoms with Crippen molar-refractivity contribution >= 4 is 46.9 Å². The second-order valence-electron chi connectivity index (χ2n) is 5.90. The number of nitrogens with zero attached hydrogens (tertiary/aromatic N) is 2. The minimum Gasteiger partial charge on any atom is -0.508 e. The molecule has 3 rings (SSSR count). The van der Waals surface area contributed by atoms with Gasteiger partial charge in [-0.1, -0.05) is 48.2 Å². The van der Waals surface area contributed by atoms with Crippen molar-refractivity contribution in [2.24, 2.45) is 0 Å². The van der Waals surface area contributed by atoms with Crippen LogP contribution in [0.15, 0.2) is 59.8 Å². The number of phenolic OH excluding ortho intramolecular Hbond substituents is 1. The van der Waals surface area contributed by atoms with Gasteiger partial charge in [-0.2, -0.15) is 0 Å². The molecule has 6 nitrogen and oxygen atoms in total. The van der Waals surface area contributed by atoms with E-state index in [0.29, 0.717) is 34.6 Å². The number of aromatic nitrogens is 2. The molecule has 144 valence electrons. The summed E-state index contributed by atoms with van der Waals surface area (Å²) in [7, 11) is 0. The molecule has 1 heterocycles. The Morgan fingerprint density at radius 1 is 1.14 bits per heavy atom. The number of thioether (sulfide) groups is 1. The van der Waals surface area contributed by atoms with Crippen LogP contribution >= 0.6 is 23.4 Å². The topological polar surface area (TPSA) is 93.9 Å². The molecule has 1 atom stereocenters. The van der Waals surface area contributed by atoms with Crippen LogP contribution in [0.5, 0.6) is 5.75 Å². The van der Waals surface area contributed by atoms with Crippen molar-refractivity contribution in [2.45, 2.75) is 10.5 Å². The maximum atomic E-state index is 9.68. The van der Waals surface area contributed by atoms with Gasteiger partial charge in [-0.05, 0) is 24.0 Å². The van der Waals surface area contributed by atoms with Gasteiger partial charge in [0.1, 0.15) is 17.4 Å². The summed E-state index contributed by atoms with van der Waals surface area (Å²) in [4.78, 5) is 8.96. The van der Waals surface area contributed by atoms with Crippen molar-refractivity contribution < 1.29 is 5.11 Å². The average molecular weight is 414 g/mol. The summed E-state index contributed by atoms with van der Waals surface area (Å²) >= 11 is 7.90. The second kappa shape index (κ2) is 9.43. The van der Waals surface area contributed by atoms with E-state index in [9.17, 15) is 5.11 Å². The van der Waals surface area contributed by atoms with Crippen LogP contribution in [-0.4, -0.2) is 34.1 Å². The van der Waals surface area contributed by atoms with Gasteiger partial charge in [-0.25, -0.2) is 9.97 Å². The third-order valence-corrected chi connectivity index (χ3v) is 4.92. The Balaban J connectivity index is 1.86. The second-order valence-corrected chi connectivity index (χ2v) is 7.20. The lowest BCUT2D eigenvalue weighted by molar-refractivity contribution is 0.475. The Hall–Kier alpha value is -2.77. The zero-order valence-corrected chi connectivity index (χ0v) is 16.8. The van der Waals surface area contributed by atoms with Gasteiger partial charge in [-0.15, -0.1) is 11.6 Å². The highest BCUT2D eigenvalue weighted by Crippen LogP contribution is 2.28. The molecule has 28 heavy (non-hydrogen) atoms. The first-order valence-electron chi connectivity index (χ1n) is 8.56. The molecule has 0 fully saturated rings. The summed E-state index contributed by atoms with van der Waals surface area (Å²) in [5.41, 5.74) is 2.18. The summed E-state index contributed by atoms with van der Waals surface area (Å²) in [5, 5.41) is 24.2. The zero-order chi connectivity index (χ0) is 19.9. The zero-order valence-electron chi connectivity index (χ0n) is 15.2. The Morgan fingerprint density at radius 3 is 2.57 bits per heavy atom. The lowest BCUT2D eigenvalue weighted by atomic mass is 10.1. The fourth-order valence-corrected chi connectivity index (χ4v) is 3.18.